The maximum absolute atomic E-state index is 12.5. The number of aromatic hydroxyl groups is 2. The summed E-state index contributed by atoms with van der Waals surface area (Å²) in [5.41, 5.74) is 0.400. The third-order valence-electron chi connectivity index (χ3n) is 4.13. The highest BCUT2D eigenvalue weighted by molar-refractivity contribution is 6.33. The monoisotopic (exact) mass is 350 g/mol. The first-order valence-electron chi connectivity index (χ1n) is 7.90. The van der Waals surface area contributed by atoms with E-state index in [4.69, 9.17) is 21.1 Å². The third-order valence-corrected chi connectivity index (χ3v) is 4.55. The number of benzene rings is 1. The lowest BCUT2D eigenvalue weighted by Gasteiger charge is -2.17. The van der Waals surface area contributed by atoms with Gasteiger partial charge in [0.2, 0.25) is 0 Å². The largest absolute Gasteiger partial charge is 0.507 e. The van der Waals surface area contributed by atoms with E-state index in [0.29, 0.717) is 24.8 Å². The zero-order chi connectivity index (χ0) is 17.3. The van der Waals surface area contributed by atoms with E-state index in [1.165, 1.54) is 0 Å². The van der Waals surface area contributed by atoms with Gasteiger partial charge in [-0.3, -0.25) is 0 Å². The highest BCUT2D eigenvalue weighted by Crippen LogP contribution is 2.38. The number of ether oxygens (including phenoxy) is 2. The molecule has 24 heavy (non-hydrogen) atoms. The number of allylic oxidation sites excluding steroid dienone is 3. The normalized spacial score (nSPS) is 26.9. The fourth-order valence-corrected chi connectivity index (χ4v) is 3.10. The molecule has 3 rings (SSSR count). The Balaban J connectivity index is 1.95. The smallest absolute Gasteiger partial charge is 0.342 e. The molecule has 0 spiro atoms. The van der Waals surface area contributed by atoms with Crippen LogP contribution in [0.1, 0.15) is 35.7 Å². The van der Waals surface area contributed by atoms with Crippen LogP contribution in [-0.2, 0) is 15.9 Å². The number of phenols is 2. The van der Waals surface area contributed by atoms with Gasteiger partial charge in [-0.1, -0.05) is 35.9 Å². The molecule has 2 heterocycles. The van der Waals surface area contributed by atoms with E-state index in [0.717, 1.165) is 6.07 Å². The molecule has 3 atom stereocenters. The average molecular weight is 351 g/mol. The van der Waals surface area contributed by atoms with Crippen LogP contribution >= 0.6 is 11.6 Å². The van der Waals surface area contributed by atoms with Crippen LogP contribution in [0, 0.1) is 0 Å². The molecule has 128 valence electrons. The second-order valence-electron chi connectivity index (χ2n) is 6.02. The fraction of sp³-hybridized carbons (Fsp3) is 0.389. The lowest BCUT2D eigenvalue weighted by molar-refractivity contribution is 0.0305. The molecule has 0 saturated carbocycles. The van der Waals surface area contributed by atoms with Gasteiger partial charge in [-0.25, -0.2) is 4.79 Å². The quantitative estimate of drug-likeness (QED) is 0.553. The Morgan fingerprint density at radius 3 is 2.83 bits per heavy atom. The van der Waals surface area contributed by atoms with Gasteiger partial charge in [0.15, 0.2) is 0 Å². The van der Waals surface area contributed by atoms with Gasteiger partial charge in [-0.05, 0) is 25.3 Å². The molecule has 1 aromatic rings. The molecular formula is C18H19ClO5. The molecule has 2 aliphatic rings. The maximum atomic E-state index is 12.5. The number of carbonyl (C=O) groups excluding carboxylic acids is 1. The number of cyclic esters (lactones) is 1. The highest BCUT2D eigenvalue weighted by Gasteiger charge is 2.38. The number of epoxide rings is 1. The molecule has 1 fully saturated rings. The summed E-state index contributed by atoms with van der Waals surface area (Å²) >= 11 is 6.14. The number of carbonyl (C=O) groups is 1. The zero-order valence-electron chi connectivity index (χ0n) is 13.2. The summed E-state index contributed by atoms with van der Waals surface area (Å²) in [5.74, 6) is -1.24. The van der Waals surface area contributed by atoms with E-state index in [-0.39, 0.29) is 40.4 Å². The van der Waals surface area contributed by atoms with Crippen LogP contribution in [0.15, 0.2) is 30.4 Å². The van der Waals surface area contributed by atoms with Crippen molar-refractivity contribution in [1.29, 1.82) is 0 Å². The number of esters is 1. The van der Waals surface area contributed by atoms with Crippen molar-refractivity contribution in [2.24, 2.45) is 0 Å². The van der Waals surface area contributed by atoms with Crippen molar-refractivity contribution in [3.05, 3.63) is 46.5 Å². The second-order valence-corrected chi connectivity index (χ2v) is 6.40. The molecule has 1 aromatic carbocycles. The molecule has 2 aliphatic heterocycles. The van der Waals surface area contributed by atoms with Gasteiger partial charge in [0.1, 0.15) is 29.3 Å². The van der Waals surface area contributed by atoms with Crippen molar-refractivity contribution in [2.75, 3.05) is 0 Å². The van der Waals surface area contributed by atoms with Gasteiger partial charge >= 0.3 is 5.97 Å². The molecule has 1 saturated heterocycles. The molecule has 0 aromatic heterocycles. The molecule has 0 aliphatic carbocycles. The van der Waals surface area contributed by atoms with E-state index in [9.17, 15) is 15.0 Å². The Labute approximate surface area is 145 Å². The van der Waals surface area contributed by atoms with Gasteiger partial charge in [0.05, 0.1) is 11.1 Å². The van der Waals surface area contributed by atoms with E-state index in [1.54, 1.807) is 6.92 Å². The lowest BCUT2D eigenvalue weighted by Crippen LogP contribution is -2.19. The van der Waals surface area contributed by atoms with Crippen molar-refractivity contribution in [1.82, 2.24) is 0 Å². The highest BCUT2D eigenvalue weighted by atomic mass is 35.5. The van der Waals surface area contributed by atoms with Crippen molar-refractivity contribution in [3.63, 3.8) is 0 Å². The van der Waals surface area contributed by atoms with Gasteiger partial charge in [-0.2, -0.15) is 0 Å². The molecule has 5 nitrogen and oxygen atoms in total. The van der Waals surface area contributed by atoms with Crippen LogP contribution < -0.4 is 0 Å². The fourth-order valence-electron chi connectivity index (χ4n) is 2.85. The number of hydrogen-bond donors (Lipinski definition) is 2. The standard InChI is InChI=1S/C18H19ClO5/c1-10-8-15-14(24-15)7-5-3-2-4-6-11-16(18(22)23-10)12(20)9-13(21)17(11)19/h2-3,5,7,9-10,14-15,20-21H,4,6,8H2,1H3/t10-,14-,15?/m1/s1. The van der Waals surface area contributed by atoms with Crippen LogP contribution in [0.4, 0.5) is 0 Å². The molecule has 0 bridgehead atoms. The van der Waals surface area contributed by atoms with E-state index >= 15 is 0 Å². The predicted molar refractivity (Wildman–Crippen MR) is 89.5 cm³/mol. The molecule has 0 radical (unpaired) electrons. The van der Waals surface area contributed by atoms with Crippen molar-refractivity contribution >= 4 is 17.6 Å². The summed E-state index contributed by atoms with van der Waals surface area (Å²) in [6, 6.07) is 1.06. The summed E-state index contributed by atoms with van der Waals surface area (Å²) in [5, 5.41) is 20.0. The van der Waals surface area contributed by atoms with Crippen LogP contribution in [0.3, 0.4) is 0 Å². The molecule has 0 amide bonds. The van der Waals surface area contributed by atoms with Gasteiger partial charge in [0.25, 0.3) is 0 Å². The van der Waals surface area contributed by atoms with Crippen molar-refractivity contribution in [3.8, 4) is 11.5 Å². The first kappa shape index (κ1) is 16.9. The topological polar surface area (TPSA) is 79.3 Å². The zero-order valence-corrected chi connectivity index (χ0v) is 14.0. The maximum Gasteiger partial charge on any atom is 0.342 e. The first-order valence-corrected chi connectivity index (χ1v) is 8.28. The third kappa shape index (κ3) is 3.57. The number of phenolic OH excluding ortho intramolecular Hbond substituents is 2. The Kier molecular flexibility index (Phi) is 4.83. The summed E-state index contributed by atoms with van der Waals surface area (Å²) in [7, 11) is 0. The van der Waals surface area contributed by atoms with E-state index < -0.39 is 5.97 Å². The average Bonchev–Trinajstić information content (AvgIpc) is 3.24. The molecule has 1 unspecified atom stereocenters. The Morgan fingerprint density at radius 1 is 1.25 bits per heavy atom. The molecule has 2 N–H and O–H groups in total. The summed E-state index contributed by atoms with van der Waals surface area (Å²) in [4.78, 5) is 12.5. The van der Waals surface area contributed by atoms with Crippen LogP contribution in [0.2, 0.25) is 5.02 Å². The number of rotatable bonds is 0. The van der Waals surface area contributed by atoms with Gasteiger partial charge in [-0.15, -0.1) is 0 Å². The number of hydrogen-bond acceptors (Lipinski definition) is 5. The Hall–Kier alpha value is -1.98. The van der Waals surface area contributed by atoms with Crippen LogP contribution in [0.5, 0.6) is 11.5 Å². The SMILES string of the molecule is C[C@@H]1CC2O[C@@H]2C=CC=CCCc2c(Cl)c(O)cc(O)c2C(=O)O1. The molecule has 6 heteroatoms. The first-order chi connectivity index (χ1) is 11.5. The Morgan fingerprint density at radius 2 is 2.04 bits per heavy atom. The van der Waals surface area contributed by atoms with Crippen LogP contribution in [-0.4, -0.2) is 34.5 Å². The van der Waals surface area contributed by atoms with Crippen LogP contribution in [0.25, 0.3) is 0 Å². The number of fused-ring (bicyclic) bond motifs is 2. The lowest BCUT2D eigenvalue weighted by atomic mass is 10.0. The second kappa shape index (κ2) is 6.87. The predicted octanol–water partition coefficient (Wildman–Crippen LogP) is 3.51. The summed E-state index contributed by atoms with van der Waals surface area (Å²) in [6.07, 6.45) is 9.03. The van der Waals surface area contributed by atoms with Crippen molar-refractivity contribution in [2.45, 2.75) is 44.5 Å². The minimum absolute atomic E-state index is 0.0129. The summed E-state index contributed by atoms with van der Waals surface area (Å²) < 4.78 is 10.9. The van der Waals surface area contributed by atoms with Gasteiger partial charge < -0.3 is 19.7 Å². The van der Waals surface area contributed by atoms with Crippen molar-refractivity contribution < 1.29 is 24.5 Å². The Bertz CT molecular complexity index is 710. The van der Waals surface area contributed by atoms with E-state index in [1.807, 2.05) is 24.3 Å². The van der Waals surface area contributed by atoms with Gasteiger partial charge in [0, 0.05) is 12.5 Å². The number of halogens is 1. The summed E-state index contributed by atoms with van der Waals surface area (Å²) in [6.45, 7) is 1.78. The minimum atomic E-state index is -0.648. The minimum Gasteiger partial charge on any atom is -0.507 e. The van der Waals surface area contributed by atoms with E-state index in [2.05, 4.69) is 0 Å². The molecular weight excluding hydrogens is 332 g/mol.